The van der Waals surface area contributed by atoms with E-state index >= 15 is 0 Å². The summed E-state index contributed by atoms with van der Waals surface area (Å²) in [5.41, 5.74) is 7.14. The highest BCUT2D eigenvalue weighted by atomic mass is 15.4. The molecule has 3 N–H and O–H groups in total. The van der Waals surface area contributed by atoms with Crippen molar-refractivity contribution >= 4 is 16.7 Å². The Morgan fingerprint density at radius 2 is 1.94 bits per heavy atom. The van der Waals surface area contributed by atoms with Gasteiger partial charge in [-0.15, -0.1) is 0 Å². The highest BCUT2D eigenvalue weighted by molar-refractivity contribution is 5.88. The van der Waals surface area contributed by atoms with Crippen LogP contribution in [0.15, 0.2) is 30.6 Å². The normalized spacial score (nSPS) is 16.8. The SMILES string of the molecule is c1ccc2c(NC3CNNC3)ncnc2c1. The zero-order valence-corrected chi connectivity index (χ0v) is 8.77. The largest absolute Gasteiger partial charge is 0.364 e. The molecule has 1 aromatic heterocycles. The molecule has 0 aliphatic carbocycles. The lowest BCUT2D eigenvalue weighted by atomic mass is 10.2. The van der Waals surface area contributed by atoms with Crippen molar-refractivity contribution in [2.24, 2.45) is 0 Å². The van der Waals surface area contributed by atoms with Gasteiger partial charge in [0.2, 0.25) is 0 Å². The number of para-hydroxylation sites is 1. The molecule has 1 fully saturated rings. The topological polar surface area (TPSA) is 61.9 Å². The van der Waals surface area contributed by atoms with E-state index in [1.165, 1.54) is 0 Å². The Hall–Kier alpha value is -1.72. The molecule has 5 heteroatoms. The molecule has 1 aliphatic heterocycles. The second-order valence-corrected chi connectivity index (χ2v) is 3.84. The molecular formula is C11H13N5. The zero-order valence-electron chi connectivity index (χ0n) is 8.77. The standard InChI is InChI=1S/C11H13N5/c1-2-4-10-9(3-1)11(13-7-12-10)16-8-5-14-15-6-8/h1-4,7-8,14-15H,5-6H2,(H,12,13,16). The van der Waals surface area contributed by atoms with Crippen LogP contribution in [0.4, 0.5) is 5.82 Å². The summed E-state index contributed by atoms with van der Waals surface area (Å²) >= 11 is 0. The Morgan fingerprint density at radius 1 is 1.12 bits per heavy atom. The number of hydrogen-bond donors (Lipinski definition) is 3. The van der Waals surface area contributed by atoms with Crippen LogP contribution in [0.1, 0.15) is 0 Å². The first kappa shape index (κ1) is 9.50. The van der Waals surface area contributed by atoms with Gasteiger partial charge in [0, 0.05) is 18.5 Å². The van der Waals surface area contributed by atoms with Gasteiger partial charge in [-0.25, -0.2) is 9.97 Å². The second kappa shape index (κ2) is 4.03. The third-order valence-corrected chi connectivity index (χ3v) is 2.71. The lowest BCUT2D eigenvalue weighted by molar-refractivity contribution is 0.689. The summed E-state index contributed by atoms with van der Waals surface area (Å²) in [4.78, 5) is 8.53. The summed E-state index contributed by atoms with van der Waals surface area (Å²) in [6.45, 7) is 1.80. The minimum atomic E-state index is 0.373. The van der Waals surface area contributed by atoms with Crippen LogP contribution >= 0.6 is 0 Å². The Balaban J connectivity index is 1.96. The maximum Gasteiger partial charge on any atom is 0.137 e. The number of nitrogens with one attached hydrogen (secondary N) is 3. The molecule has 0 saturated carbocycles. The van der Waals surface area contributed by atoms with E-state index in [2.05, 4.69) is 26.1 Å². The molecule has 0 amide bonds. The highest BCUT2D eigenvalue weighted by Gasteiger charge is 2.15. The number of benzene rings is 1. The lowest BCUT2D eigenvalue weighted by Crippen LogP contribution is -2.25. The minimum absolute atomic E-state index is 0.373. The first-order valence-corrected chi connectivity index (χ1v) is 5.35. The Kier molecular flexibility index (Phi) is 2.40. The van der Waals surface area contributed by atoms with Crippen molar-refractivity contribution in [2.45, 2.75) is 6.04 Å². The lowest BCUT2D eigenvalue weighted by Gasteiger charge is -2.12. The number of fused-ring (bicyclic) bond motifs is 1. The molecule has 2 heterocycles. The highest BCUT2D eigenvalue weighted by Crippen LogP contribution is 2.18. The number of nitrogens with zero attached hydrogens (tertiary/aromatic N) is 2. The Bertz CT molecular complexity index is 487. The van der Waals surface area contributed by atoms with E-state index in [9.17, 15) is 0 Å². The number of rotatable bonds is 2. The van der Waals surface area contributed by atoms with Gasteiger partial charge in [-0.2, -0.15) is 0 Å². The average molecular weight is 215 g/mol. The molecule has 0 spiro atoms. The summed E-state index contributed by atoms with van der Waals surface area (Å²) in [5.74, 6) is 0.904. The van der Waals surface area contributed by atoms with Crippen LogP contribution in [0, 0.1) is 0 Å². The van der Waals surface area contributed by atoms with Gasteiger partial charge in [-0.3, -0.25) is 10.9 Å². The third kappa shape index (κ3) is 1.70. The van der Waals surface area contributed by atoms with Crippen LogP contribution in [0.3, 0.4) is 0 Å². The van der Waals surface area contributed by atoms with Crippen LogP contribution in [0.5, 0.6) is 0 Å². The molecule has 1 aromatic carbocycles. The quantitative estimate of drug-likeness (QED) is 0.681. The fraction of sp³-hybridized carbons (Fsp3) is 0.273. The molecule has 2 aromatic rings. The maximum absolute atomic E-state index is 4.29. The summed E-state index contributed by atoms with van der Waals surface area (Å²) in [5, 5.41) is 4.47. The van der Waals surface area contributed by atoms with E-state index in [0.717, 1.165) is 29.8 Å². The van der Waals surface area contributed by atoms with Gasteiger partial charge in [-0.05, 0) is 12.1 Å². The third-order valence-electron chi connectivity index (χ3n) is 2.71. The summed E-state index contributed by atoms with van der Waals surface area (Å²) in [7, 11) is 0. The summed E-state index contributed by atoms with van der Waals surface area (Å²) in [6.07, 6.45) is 1.60. The van der Waals surface area contributed by atoms with E-state index in [1.807, 2.05) is 24.3 Å². The molecule has 0 bridgehead atoms. The number of aromatic nitrogens is 2. The van der Waals surface area contributed by atoms with E-state index in [4.69, 9.17) is 0 Å². The van der Waals surface area contributed by atoms with E-state index in [-0.39, 0.29) is 0 Å². The Morgan fingerprint density at radius 3 is 2.81 bits per heavy atom. The first-order chi connectivity index (χ1) is 7.93. The van der Waals surface area contributed by atoms with Crippen molar-refractivity contribution in [3.8, 4) is 0 Å². The molecule has 0 radical (unpaired) electrons. The van der Waals surface area contributed by atoms with Gasteiger partial charge in [0.1, 0.15) is 12.1 Å². The van der Waals surface area contributed by atoms with Crippen molar-refractivity contribution in [3.05, 3.63) is 30.6 Å². The van der Waals surface area contributed by atoms with Crippen molar-refractivity contribution in [1.82, 2.24) is 20.8 Å². The molecule has 1 saturated heterocycles. The van der Waals surface area contributed by atoms with Crippen LogP contribution < -0.4 is 16.2 Å². The predicted molar refractivity (Wildman–Crippen MR) is 63.0 cm³/mol. The van der Waals surface area contributed by atoms with Crippen LogP contribution in [0.2, 0.25) is 0 Å². The molecule has 5 nitrogen and oxygen atoms in total. The van der Waals surface area contributed by atoms with Crippen molar-refractivity contribution in [1.29, 1.82) is 0 Å². The molecule has 1 aliphatic rings. The van der Waals surface area contributed by atoms with Gasteiger partial charge < -0.3 is 5.32 Å². The number of anilines is 1. The summed E-state index contributed by atoms with van der Waals surface area (Å²) < 4.78 is 0. The first-order valence-electron chi connectivity index (χ1n) is 5.35. The number of hydrazine groups is 1. The monoisotopic (exact) mass is 215 g/mol. The van der Waals surface area contributed by atoms with E-state index < -0.39 is 0 Å². The van der Waals surface area contributed by atoms with Gasteiger partial charge >= 0.3 is 0 Å². The second-order valence-electron chi connectivity index (χ2n) is 3.84. The molecule has 16 heavy (non-hydrogen) atoms. The van der Waals surface area contributed by atoms with Crippen molar-refractivity contribution < 1.29 is 0 Å². The van der Waals surface area contributed by atoms with Crippen LogP contribution in [-0.2, 0) is 0 Å². The zero-order chi connectivity index (χ0) is 10.8. The molecule has 3 rings (SSSR count). The van der Waals surface area contributed by atoms with Crippen molar-refractivity contribution in [2.75, 3.05) is 18.4 Å². The fourth-order valence-electron chi connectivity index (χ4n) is 1.88. The molecular weight excluding hydrogens is 202 g/mol. The van der Waals surface area contributed by atoms with E-state index in [1.54, 1.807) is 6.33 Å². The van der Waals surface area contributed by atoms with Gasteiger partial charge in [0.15, 0.2) is 0 Å². The van der Waals surface area contributed by atoms with Gasteiger partial charge in [0.25, 0.3) is 0 Å². The van der Waals surface area contributed by atoms with Crippen LogP contribution in [-0.4, -0.2) is 29.1 Å². The Labute approximate surface area is 93.3 Å². The smallest absolute Gasteiger partial charge is 0.137 e. The van der Waals surface area contributed by atoms with E-state index in [0.29, 0.717) is 6.04 Å². The van der Waals surface area contributed by atoms with Crippen LogP contribution in [0.25, 0.3) is 10.9 Å². The van der Waals surface area contributed by atoms with Gasteiger partial charge in [0.05, 0.1) is 11.6 Å². The molecule has 82 valence electrons. The molecule has 0 unspecified atom stereocenters. The number of hydrogen-bond acceptors (Lipinski definition) is 5. The fourth-order valence-corrected chi connectivity index (χ4v) is 1.88. The predicted octanol–water partition coefficient (Wildman–Crippen LogP) is 0.518. The van der Waals surface area contributed by atoms with Crippen molar-refractivity contribution in [3.63, 3.8) is 0 Å². The average Bonchev–Trinajstić information content (AvgIpc) is 2.82. The van der Waals surface area contributed by atoms with Gasteiger partial charge in [-0.1, -0.05) is 12.1 Å². The summed E-state index contributed by atoms with van der Waals surface area (Å²) in [6, 6.07) is 8.39. The molecule has 0 atom stereocenters. The maximum atomic E-state index is 4.29. The minimum Gasteiger partial charge on any atom is -0.364 e.